The minimum absolute atomic E-state index is 0.311. The van der Waals surface area contributed by atoms with Crippen molar-refractivity contribution in [3.05, 3.63) is 24.0 Å². The molecule has 0 saturated heterocycles. The number of ether oxygens (including phenoxy) is 1. The van der Waals surface area contributed by atoms with E-state index in [1.807, 2.05) is 6.26 Å². The summed E-state index contributed by atoms with van der Waals surface area (Å²) in [5, 5.41) is 3.56. The topological polar surface area (TPSA) is 21.3 Å². The Balaban J connectivity index is 1.79. The Morgan fingerprint density at radius 3 is 2.93 bits per heavy atom. The first-order valence-corrected chi connectivity index (χ1v) is 6.12. The van der Waals surface area contributed by atoms with Crippen molar-refractivity contribution in [3.8, 4) is 0 Å². The zero-order valence-corrected chi connectivity index (χ0v) is 9.54. The lowest BCUT2D eigenvalue weighted by atomic mass is 10.1. The third-order valence-electron chi connectivity index (χ3n) is 3.04. The highest BCUT2D eigenvalue weighted by Gasteiger charge is 2.20. The fourth-order valence-corrected chi connectivity index (χ4v) is 1.80. The van der Waals surface area contributed by atoms with Crippen LogP contribution >= 0.6 is 0 Å². The van der Waals surface area contributed by atoms with Gasteiger partial charge >= 0.3 is 0 Å². The maximum Gasteiger partial charge on any atom is 0.117 e. The second-order valence-electron chi connectivity index (χ2n) is 4.46. The summed E-state index contributed by atoms with van der Waals surface area (Å²) in [7, 11) is 0. The summed E-state index contributed by atoms with van der Waals surface area (Å²) in [6.07, 6.45) is 12.7. The minimum atomic E-state index is 0.311. The Bertz CT molecular complexity index is 253. The fourth-order valence-electron chi connectivity index (χ4n) is 1.80. The van der Waals surface area contributed by atoms with Crippen molar-refractivity contribution < 1.29 is 4.74 Å². The van der Waals surface area contributed by atoms with Gasteiger partial charge in [0.25, 0.3) is 0 Å². The van der Waals surface area contributed by atoms with Crippen LogP contribution in [-0.4, -0.2) is 18.7 Å². The van der Waals surface area contributed by atoms with E-state index in [9.17, 15) is 0 Å². The molecule has 0 aromatic rings. The smallest absolute Gasteiger partial charge is 0.117 e. The fraction of sp³-hybridized carbons (Fsp3) is 0.692. The molecular formula is C13H21NO. The lowest BCUT2D eigenvalue weighted by Crippen LogP contribution is -2.20. The van der Waals surface area contributed by atoms with E-state index in [4.69, 9.17) is 4.74 Å². The van der Waals surface area contributed by atoms with Gasteiger partial charge < -0.3 is 10.1 Å². The third kappa shape index (κ3) is 3.71. The van der Waals surface area contributed by atoms with Crippen LogP contribution in [0.15, 0.2) is 24.0 Å². The normalized spacial score (nSPS) is 26.5. The van der Waals surface area contributed by atoms with E-state index in [0.717, 1.165) is 31.8 Å². The van der Waals surface area contributed by atoms with Crippen molar-refractivity contribution in [1.29, 1.82) is 0 Å². The molecule has 1 heterocycles. The standard InChI is InChI=1S/C13H21NO/c1-2-11(10-14-12-6-7-12)9-13-5-3-4-8-15-13/h4,8-9,12-14H,2-3,5-7,10H2,1H3. The van der Waals surface area contributed by atoms with Crippen molar-refractivity contribution in [2.75, 3.05) is 6.54 Å². The Hall–Kier alpha value is -0.760. The Kier molecular flexibility index (Phi) is 3.84. The molecule has 84 valence electrons. The van der Waals surface area contributed by atoms with Crippen molar-refractivity contribution in [2.24, 2.45) is 0 Å². The summed E-state index contributed by atoms with van der Waals surface area (Å²) >= 11 is 0. The molecule has 1 atom stereocenters. The molecule has 1 unspecified atom stereocenters. The molecular weight excluding hydrogens is 186 g/mol. The lowest BCUT2D eigenvalue weighted by Gasteiger charge is -2.17. The van der Waals surface area contributed by atoms with Crippen molar-refractivity contribution in [1.82, 2.24) is 5.32 Å². The first-order chi connectivity index (χ1) is 7.38. The van der Waals surface area contributed by atoms with Crippen molar-refractivity contribution >= 4 is 0 Å². The van der Waals surface area contributed by atoms with Crippen LogP contribution in [-0.2, 0) is 4.74 Å². The molecule has 1 aliphatic carbocycles. The molecule has 0 spiro atoms. The monoisotopic (exact) mass is 207 g/mol. The van der Waals surface area contributed by atoms with Gasteiger partial charge in [-0.15, -0.1) is 0 Å². The average Bonchev–Trinajstić information content (AvgIpc) is 3.09. The molecule has 1 saturated carbocycles. The summed E-state index contributed by atoms with van der Waals surface area (Å²) in [6.45, 7) is 3.27. The first-order valence-electron chi connectivity index (χ1n) is 6.12. The summed E-state index contributed by atoms with van der Waals surface area (Å²) < 4.78 is 5.55. The van der Waals surface area contributed by atoms with E-state index >= 15 is 0 Å². The Labute approximate surface area is 92.4 Å². The molecule has 0 bridgehead atoms. The molecule has 2 rings (SSSR count). The van der Waals surface area contributed by atoms with Gasteiger partial charge in [0.2, 0.25) is 0 Å². The summed E-state index contributed by atoms with van der Waals surface area (Å²) in [4.78, 5) is 0. The van der Waals surface area contributed by atoms with Crippen LogP contribution in [0, 0.1) is 0 Å². The average molecular weight is 207 g/mol. The second kappa shape index (κ2) is 5.36. The number of allylic oxidation sites excluding steroid dienone is 1. The Morgan fingerprint density at radius 1 is 1.47 bits per heavy atom. The van der Waals surface area contributed by atoms with Gasteiger partial charge in [-0.1, -0.05) is 12.5 Å². The van der Waals surface area contributed by atoms with Crippen LogP contribution in [0.2, 0.25) is 0 Å². The van der Waals surface area contributed by atoms with Crippen LogP contribution in [0.3, 0.4) is 0 Å². The largest absolute Gasteiger partial charge is 0.494 e. The van der Waals surface area contributed by atoms with Gasteiger partial charge in [0.05, 0.1) is 6.26 Å². The van der Waals surface area contributed by atoms with Gasteiger partial charge in [0.15, 0.2) is 0 Å². The van der Waals surface area contributed by atoms with Crippen LogP contribution < -0.4 is 5.32 Å². The van der Waals surface area contributed by atoms with Crippen LogP contribution in [0.1, 0.15) is 39.0 Å². The molecule has 1 N–H and O–H groups in total. The first kappa shape index (κ1) is 10.7. The molecule has 0 aromatic carbocycles. The second-order valence-corrected chi connectivity index (χ2v) is 4.46. The van der Waals surface area contributed by atoms with E-state index in [0.29, 0.717) is 6.10 Å². The molecule has 2 nitrogen and oxygen atoms in total. The van der Waals surface area contributed by atoms with Gasteiger partial charge in [-0.25, -0.2) is 0 Å². The molecule has 15 heavy (non-hydrogen) atoms. The lowest BCUT2D eigenvalue weighted by molar-refractivity contribution is 0.164. The Morgan fingerprint density at radius 2 is 2.33 bits per heavy atom. The quantitative estimate of drug-likeness (QED) is 0.700. The van der Waals surface area contributed by atoms with Crippen LogP contribution in [0.5, 0.6) is 0 Å². The number of rotatable bonds is 5. The minimum Gasteiger partial charge on any atom is -0.494 e. The molecule has 0 amide bonds. The molecule has 0 aromatic heterocycles. The van der Waals surface area contributed by atoms with Gasteiger partial charge in [0, 0.05) is 12.6 Å². The van der Waals surface area contributed by atoms with E-state index < -0.39 is 0 Å². The predicted octanol–water partition coefficient (Wildman–Crippen LogP) is 2.77. The van der Waals surface area contributed by atoms with Crippen molar-refractivity contribution in [2.45, 2.75) is 51.2 Å². The van der Waals surface area contributed by atoms with Gasteiger partial charge in [-0.05, 0) is 44.3 Å². The summed E-state index contributed by atoms with van der Waals surface area (Å²) in [6, 6.07) is 0.798. The zero-order chi connectivity index (χ0) is 10.5. The van der Waals surface area contributed by atoms with Gasteiger partial charge in [0.1, 0.15) is 6.10 Å². The zero-order valence-electron chi connectivity index (χ0n) is 9.54. The molecule has 1 aliphatic heterocycles. The maximum absolute atomic E-state index is 5.55. The number of nitrogens with one attached hydrogen (secondary N) is 1. The molecule has 2 aliphatic rings. The van der Waals surface area contributed by atoms with E-state index in [1.165, 1.54) is 18.4 Å². The van der Waals surface area contributed by atoms with Crippen molar-refractivity contribution in [3.63, 3.8) is 0 Å². The van der Waals surface area contributed by atoms with E-state index in [-0.39, 0.29) is 0 Å². The molecule has 2 heteroatoms. The highest BCUT2D eigenvalue weighted by Crippen LogP contribution is 2.20. The maximum atomic E-state index is 5.55. The highest BCUT2D eigenvalue weighted by atomic mass is 16.5. The summed E-state index contributed by atoms with van der Waals surface area (Å²) in [5.41, 5.74) is 1.49. The molecule has 1 fully saturated rings. The van der Waals surface area contributed by atoms with Gasteiger partial charge in [-0.3, -0.25) is 0 Å². The number of hydrogen-bond acceptors (Lipinski definition) is 2. The number of hydrogen-bond donors (Lipinski definition) is 1. The predicted molar refractivity (Wildman–Crippen MR) is 62.6 cm³/mol. The summed E-state index contributed by atoms with van der Waals surface area (Å²) in [5.74, 6) is 0. The third-order valence-corrected chi connectivity index (χ3v) is 3.04. The van der Waals surface area contributed by atoms with E-state index in [2.05, 4.69) is 24.4 Å². The SMILES string of the molecule is CCC(=CC1CCC=CO1)CNC1CC1. The van der Waals surface area contributed by atoms with Gasteiger partial charge in [-0.2, -0.15) is 0 Å². The van der Waals surface area contributed by atoms with Crippen LogP contribution in [0.4, 0.5) is 0 Å². The highest BCUT2D eigenvalue weighted by molar-refractivity contribution is 5.09. The molecule has 0 radical (unpaired) electrons. The van der Waals surface area contributed by atoms with Crippen LogP contribution in [0.25, 0.3) is 0 Å². The van der Waals surface area contributed by atoms with E-state index in [1.54, 1.807) is 0 Å².